The van der Waals surface area contributed by atoms with Crippen molar-refractivity contribution in [2.45, 2.75) is 6.54 Å². The van der Waals surface area contributed by atoms with Crippen molar-refractivity contribution in [2.24, 2.45) is 0 Å². The zero-order valence-electron chi connectivity index (χ0n) is 10.5. The second-order valence-electron chi connectivity index (χ2n) is 4.21. The maximum absolute atomic E-state index is 12.2. The predicted molar refractivity (Wildman–Crippen MR) is 75.6 cm³/mol. The highest BCUT2D eigenvalue weighted by Crippen LogP contribution is 2.14. The molecule has 6 heteroatoms. The normalized spacial score (nSPS) is 10.7. The Hall–Kier alpha value is -2.40. The van der Waals surface area contributed by atoms with E-state index >= 15 is 0 Å². The lowest BCUT2D eigenvalue weighted by Gasteiger charge is -2.07. The van der Waals surface area contributed by atoms with Crippen molar-refractivity contribution in [2.75, 3.05) is 0 Å². The van der Waals surface area contributed by atoms with Crippen molar-refractivity contribution in [3.63, 3.8) is 0 Å². The first-order valence-electron chi connectivity index (χ1n) is 6.06. The van der Waals surface area contributed by atoms with Gasteiger partial charge in [0.1, 0.15) is 5.69 Å². The monoisotopic (exact) mass is 286 g/mol. The number of amides is 1. The van der Waals surface area contributed by atoms with Crippen LogP contribution in [0, 0.1) is 0 Å². The van der Waals surface area contributed by atoms with Gasteiger partial charge in [-0.05, 0) is 17.7 Å². The van der Waals surface area contributed by atoms with Gasteiger partial charge in [-0.15, -0.1) is 0 Å². The number of nitrogens with one attached hydrogen (secondary N) is 1. The number of nitrogens with zero attached hydrogens (tertiary/aromatic N) is 3. The van der Waals surface area contributed by atoms with Crippen LogP contribution in [0.5, 0.6) is 0 Å². The second kappa shape index (κ2) is 5.30. The molecule has 100 valence electrons. The average Bonchev–Trinajstić information content (AvgIpc) is 2.94. The average molecular weight is 287 g/mol. The van der Waals surface area contributed by atoms with Gasteiger partial charge in [0.2, 0.25) is 0 Å². The summed E-state index contributed by atoms with van der Waals surface area (Å²) < 4.78 is 1.50. The Labute approximate surface area is 120 Å². The summed E-state index contributed by atoms with van der Waals surface area (Å²) in [5, 5.41) is 7.54. The summed E-state index contributed by atoms with van der Waals surface area (Å²) in [7, 11) is 0. The Kier molecular flexibility index (Phi) is 3.35. The molecule has 0 atom stereocenters. The van der Waals surface area contributed by atoms with Gasteiger partial charge in [0, 0.05) is 23.8 Å². The van der Waals surface area contributed by atoms with Gasteiger partial charge in [0.05, 0.1) is 6.20 Å². The van der Waals surface area contributed by atoms with E-state index in [1.54, 1.807) is 30.6 Å². The third-order valence-corrected chi connectivity index (χ3v) is 3.29. The van der Waals surface area contributed by atoms with Gasteiger partial charge in [-0.1, -0.05) is 29.8 Å². The summed E-state index contributed by atoms with van der Waals surface area (Å²) in [4.78, 5) is 16.3. The van der Waals surface area contributed by atoms with Crippen LogP contribution >= 0.6 is 11.6 Å². The number of benzene rings is 1. The smallest absolute Gasteiger partial charge is 0.270 e. The SMILES string of the molecule is O=C(NCc1ccccc1Cl)c1ccnc2ccnn12. The summed E-state index contributed by atoms with van der Waals surface area (Å²) in [6, 6.07) is 10.8. The fraction of sp³-hybridized carbons (Fsp3) is 0.0714. The molecular weight excluding hydrogens is 276 g/mol. The maximum atomic E-state index is 12.2. The second-order valence-corrected chi connectivity index (χ2v) is 4.61. The summed E-state index contributed by atoms with van der Waals surface area (Å²) in [5.74, 6) is -0.221. The van der Waals surface area contributed by atoms with E-state index in [2.05, 4.69) is 15.4 Å². The molecule has 3 aromatic rings. The van der Waals surface area contributed by atoms with E-state index in [-0.39, 0.29) is 5.91 Å². The Morgan fingerprint density at radius 1 is 1.20 bits per heavy atom. The van der Waals surface area contributed by atoms with Gasteiger partial charge in [-0.25, -0.2) is 9.50 Å². The largest absolute Gasteiger partial charge is 0.347 e. The molecule has 5 nitrogen and oxygen atoms in total. The van der Waals surface area contributed by atoms with Crippen molar-refractivity contribution in [1.29, 1.82) is 0 Å². The van der Waals surface area contributed by atoms with Crippen LogP contribution in [0.15, 0.2) is 48.8 Å². The van der Waals surface area contributed by atoms with E-state index in [4.69, 9.17) is 11.6 Å². The minimum atomic E-state index is -0.221. The van der Waals surface area contributed by atoms with Gasteiger partial charge < -0.3 is 5.32 Å². The van der Waals surface area contributed by atoms with E-state index in [9.17, 15) is 4.79 Å². The highest BCUT2D eigenvalue weighted by atomic mass is 35.5. The van der Waals surface area contributed by atoms with Crippen molar-refractivity contribution in [3.8, 4) is 0 Å². The van der Waals surface area contributed by atoms with E-state index in [1.165, 1.54) is 4.52 Å². The number of fused-ring (bicyclic) bond motifs is 1. The molecule has 1 N–H and O–H groups in total. The topological polar surface area (TPSA) is 59.3 Å². The number of rotatable bonds is 3. The molecule has 0 radical (unpaired) electrons. The third-order valence-electron chi connectivity index (χ3n) is 2.92. The molecule has 0 aliphatic rings. The molecule has 1 amide bonds. The number of hydrogen-bond acceptors (Lipinski definition) is 3. The molecule has 0 saturated carbocycles. The lowest BCUT2D eigenvalue weighted by atomic mass is 10.2. The first kappa shape index (κ1) is 12.6. The number of hydrogen-bond donors (Lipinski definition) is 1. The van der Waals surface area contributed by atoms with Gasteiger partial charge >= 0.3 is 0 Å². The molecule has 0 unspecified atom stereocenters. The van der Waals surface area contributed by atoms with Gasteiger partial charge in [0.25, 0.3) is 5.91 Å². The molecule has 20 heavy (non-hydrogen) atoms. The number of carbonyl (C=O) groups excluding carboxylic acids is 1. The van der Waals surface area contributed by atoms with Crippen LogP contribution in [-0.4, -0.2) is 20.5 Å². The highest BCUT2D eigenvalue weighted by molar-refractivity contribution is 6.31. The molecule has 2 heterocycles. The first-order valence-corrected chi connectivity index (χ1v) is 6.44. The molecule has 0 aliphatic carbocycles. The van der Waals surface area contributed by atoms with Crippen molar-refractivity contribution < 1.29 is 4.79 Å². The third kappa shape index (κ3) is 2.35. The molecule has 2 aromatic heterocycles. The lowest BCUT2D eigenvalue weighted by molar-refractivity contribution is 0.0943. The highest BCUT2D eigenvalue weighted by Gasteiger charge is 2.11. The van der Waals surface area contributed by atoms with Crippen LogP contribution in [0.1, 0.15) is 16.1 Å². The predicted octanol–water partition coefficient (Wildman–Crippen LogP) is 2.31. The van der Waals surface area contributed by atoms with Crippen molar-refractivity contribution >= 4 is 23.2 Å². The van der Waals surface area contributed by atoms with E-state index in [0.29, 0.717) is 22.9 Å². The summed E-state index contributed by atoms with van der Waals surface area (Å²) in [5.41, 5.74) is 1.94. The van der Waals surface area contributed by atoms with Crippen molar-refractivity contribution in [3.05, 3.63) is 65.1 Å². The van der Waals surface area contributed by atoms with E-state index in [0.717, 1.165) is 5.56 Å². The Morgan fingerprint density at radius 2 is 2.05 bits per heavy atom. The molecule has 0 fully saturated rings. The summed E-state index contributed by atoms with van der Waals surface area (Å²) >= 11 is 6.05. The van der Waals surface area contributed by atoms with Gasteiger partial charge in [-0.2, -0.15) is 5.10 Å². The van der Waals surface area contributed by atoms with E-state index < -0.39 is 0 Å². The van der Waals surface area contributed by atoms with Crippen molar-refractivity contribution in [1.82, 2.24) is 19.9 Å². The van der Waals surface area contributed by atoms with Gasteiger partial charge in [-0.3, -0.25) is 4.79 Å². The van der Waals surface area contributed by atoms with E-state index in [1.807, 2.05) is 18.2 Å². The quantitative estimate of drug-likeness (QED) is 0.804. The molecule has 0 aliphatic heterocycles. The minimum absolute atomic E-state index is 0.221. The van der Waals surface area contributed by atoms with Crippen LogP contribution in [0.2, 0.25) is 5.02 Å². The molecule has 1 aromatic carbocycles. The molecule has 3 rings (SSSR count). The molecular formula is C14H11ClN4O. The van der Waals surface area contributed by atoms with Crippen LogP contribution in [0.4, 0.5) is 0 Å². The standard InChI is InChI=1S/C14H11ClN4O/c15-11-4-2-1-3-10(11)9-17-14(20)12-5-7-16-13-6-8-18-19(12)13/h1-8H,9H2,(H,17,20). The van der Waals surface area contributed by atoms with Crippen LogP contribution < -0.4 is 5.32 Å². The number of halogens is 1. The van der Waals surface area contributed by atoms with Crippen LogP contribution in [0.3, 0.4) is 0 Å². The summed E-state index contributed by atoms with van der Waals surface area (Å²) in [6.07, 6.45) is 3.19. The number of carbonyl (C=O) groups is 1. The fourth-order valence-corrected chi connectivity index (χ4v) is 2.12. The Morgan fingerprint density at radius 3 is 2.90 bits per heavy atom. The lowest BCUT2D eigenvalue weighted by Crippen LogP contribution is -2.25. The fourth-order valence-electron chi connectivity index (χ4n) is 1.91. The molecule has 0 saturated heterocycles. The maximum Gasteiger partial charge on any atom is 0.270 e. The van der Waals surface area contributed by atoms with Crippen LogP contribution in [0.25, 0.3) is 5.65 Å². The Bertz CT molecular complexity index is 768. The van der Waals surface area contributed by atoms with Crippen LogP contribution in [-0.2, 0) is 6.54 Å². The number of aromatic nitrogens is 3. The molecule has 0 spiro atoms. The Balaban J connectivity index is 1.80. The zero-order chi connectivity index (χ0) is 13.9. The zero-order valence-corrected chi connectivity index (χ0v) is 11.2. The first-order chi connectivity index (χ1) is 9.75. The minimum Gasteiger partial charge on any atom is -0.347 e. The molecule has 0 bridgehead atoms. The van der Waals surface area contributed by atoms with Gasteiger partial charge in [0.15, 0.2) is 5.65 Å². The summed E-state index contributed by atoms with van der Waals surface area (Å²) in [6.45, 7) is 0.365.